The largest absolute Gasteiger partial charge is 3.00 e. The molecule has 0 aliphatic carbocycles. The van der Waals surface area contributed by atoms with Crippen LogP contribution in [0.4, 0.5) is 28.4 Å². The molecule has 18 nitrogen and oxygen atoms in total. The normalized spacial score (nSPS) is 11.4. The van der Waals surface area contributed by atoms with Crippen molar-refractivity contribution in [2.75, 3.05) is 0 Å². The van der Waals surface area contributed by atoms with Crippen LogP contribution in [0.15, 0.2) is 139 Å². The van der Waals surface area contributed by atoms with Gasteiger partial charge in [0, 0.05) is 22.7 Å². The van der Waals surface area contributed by atoms with Crippen molar-refractivity contribution >= 4 is 49.3 Å². The van der Waals surface area contributed by atoms with E-state index in [1.165, 1.54) is 39.7 Å². The van der Waals surface area contributed by atoms with E-state index in [2.05, 4.69) is 30.7 Å². The number of aromatic hydroxyl groups is 1. The third-order valence-corrected chi connectivity index (χ3v) is 8.81. The predicted octanol–water partition coefficient (Wildman–Crippen LogP) is 6.30. The molecule has 2 heterocycles. The van der Waals surface area contributed by atoms with Gasteiger partial charge in [-0.05, 0) is 50.2 Å². The van der Waals surface area contributed by atoms with E-state index in [4.69, 9.17) is 0 Å². The number of nitro benzene ring substituents is 1. The van der Waals surface area contributed by atoms with Gasteiger partial charge in [-0.2, -0.15) is 10.2 Å². The second-order valence-corrected chi connectivity index (χ2v) is 12.9. The summed E-state index contributed by atoms with van der Waals surface area (Å²) in [6.45, 7) is 3.25. The van der Waals surface area contributed by atoms with E-state index in [-0.39, 0.29) is 56.6 Å². The number of nitrogens with zero attached hydrogens (tertiary/aromatic N) is 8. The molecule has 20 heteroatoms. The number of aryl methyl sites for hydroxylation is 2. The molecular weight excluding hydrogens is 787 g/mol. The zero-order valence-corrected chi connectivity index (χ0v) is 31.1. The zero-order chi connectivity index (χ0) is 39.4. The Morgan fingerprint density at radius 2 is 1.34 bits per heavy atom. The predicted molar refractivity (Wildman–Crippen MR) is 193 cm³/mol. The van der Waals surface area contributed by atoms with Crippen molar-refractivity contribution in [2.24, 2.45) is 20.5 Å². The van der Waals surface area contributed by atoms with Gasteiger partial charge in [0.2, 0.25) is 0 Å². The summed E-state index contributed by atoms with van der Waals surface area (Å²) in [6.07, 6.45) is 0. The Hall–Kier alpha value is -6.98. The maximum atomic E-state index is 12.7. The van der Waals surface area contributed by atoms with Crippen molar-refractivity contribution in [3.05, 3.63) is 141 Å². The van der Waals surface area contributed by atoms with E-state index >= 15 is 0 Å². The van der Waals surface area contributed by atoms with Crippen molar-refractivity contribution in [2.45, 2.75) is 18.7 Å². The number of nitro groups is 1. The fraction of sp³-hybridized carbons (Fsp3) is 0.0556. The summed E-state index contributed by atoms with van der Waals surface area (Å²) in [5, 5.41) is 68.4. The van der Waals surface area contributed by atoms with Crippen LogP contribution in [0, 0.1) is 24.0 Å². The molecule has 0 saturated heterocycles. The summed E-state index contributed by atoms with van der Waals surface area (Å²) in [4.78, 5) is 21.9. The number of hydrogen-bond donors (Lipinski definition) is 2. The molecule has 0 saturated carbocycles. The van der Waals surface area contributed by atoms with Crippen LogP contribution in [0.3, 0.4) is 0 Å². The topological polar surface area (TPSA) is 272 Å². The first kappa shape index (κ1) is 40.2. The number of para-hydroxylation sites is 2. The van der Waals surface area contributed by atoms with Crippen LogP contribution in [0.5, 0.6) is 17.4 Å². The van der Waals surface area contributed by atoms with Gasteiger partial charge in [-0.15, -0.1) is 15.3 Å². The molecule has 7 rings (SSSR count). The smallest absolute Gasteiger partial charge is 0.871 e. The summed E-state index contributed by atoms with van der Waals surface area (Å²) in [5.74, 6) is -1.71. The maximum absolute atomic E-state index is 12.7. The molecule has 281 valence electrons. The first-order valence-electron chi connectivity index (χ1n) is 15.9. The molecule has 7 aromatic rings. The molecule has 0 amide bonds. The minimum Gasteiger partial charge on any atom is -0.871 e. The van der Waals surface area contributed by atoms with E-state index < -0.39 is 42.9 Å². The van der Waals surface area contributed by atoms with Gasteiger partial charge in [-0.3, -0.25) is 20.0 Å². The Labute approximate surface area is 327 Å². The minimum atomic E-state index is -4.86. The molecule has 0 aliphatic heterocycles. The van der Waals surface area contributed by atoms with Gasteiger partial charge in [0.25, 0.3) is 11.2 Å². The fourth-order valence-electron chi connectivity index (χ4n) is 5.30. The monoisotopic (exact) mass is 812 g/mol. The van der Waals surface area contributed by atoms with E-state index in [1.54, 1.807) is 74.5 Å². The number of phenols is 1. The standard InChI is InChI=1S/C20H16N4O5S.C16H13N5O4.Cr/c1-12-18(20(26)24(23-12)13-7-3-2-4-8-13)21-22-19-15-10-6-5-9-14(15)17(11-16(19)25)30(27,28)29;1-10-15(16(23)20(19-10)11-5-3-2-4-6-11)18-17-13-8-7-12(21(24)25)9-14(13)22;/h2-11,25-26H,1H3,(H,27,28,29);2-9,19,22H,1H3;/q;;+3/p-3. The fourth-order valence-corrected chi connectivity index (χ4v) is 6.00. The van der Waals surface area contributed by atoms with Crippen LogP contribution in [0.25, 0.3) is 22.1 Å². The summed E-state index contributed by atoms with van der Waals surface area (Å²) >= 11 is 0. The number of benzene rings is 5. The Morgan fingerprint density at radius 1 is 0.768 bits per heavy atom. The van der Waals surface area contributed by atoms with Crippen LogP contribution >= 0.6 is 0 Å². The number of phenolic OH excluding ortho intramolecular Hbond substituents is 1. The molecule has 2 N–H and O–H groups in total. The van der Waals surface area contributed by atoms with Crippen LogP contribution in [0.1, 0.15) is 11.4 Å². The molecule has 0 spiro atoms. The number of fused-ring (bicyclic) bond motifs is 1. The first-order chi connectivity index (χ1) is 26.2. The number of aromatic amines is 1. The molecule has 56 heavy (non-hydrogen) atoms. The van der Waals surface area contributed by atoms with Crippen LogP contribution < -0.4 is 15.8 Å². The molecular formula is C36H26CrN9O9S. The number of nitrogens with one attached hydrogen (secondary N) is 1. The van der Waals surface area contributed by atoms with Gasteiger partial charge >= 0.3 is 17.4 Å². The van der Waals surface area contributed by atoms with Gasteiger partial charge < -0.3 is 19.9 Å². The minimum absolute atomic E-state index is 0. The molecule has 0 aliphatic rings. The number of hydrogen-bond acceptors (Lipinski definition) is 14. The van der Waals surface area contributed by atoms with E-state index in [0.717, 1.165) is 12.1 Å². The molecule has 1 radical (unpaired) electrons. The number of H-pyrrole nitrogens is 1. The van der Waals surface area contributed by atoms with Crippen molar-refractivity contribution in [1.82, 2.24) is 19.6 Å². The van der Waals surface area contributed by atoms with Crippen molar-refractivity contribution in [1.29, 1.82) is 0 Å². The number of rotatable bonds is 8. The van der Waals surface area contributed by atoms with Gasteiger partial charge in [0.05, 0.1) is 44.3 Å². The van der Waals surface area contributed by atoms with E-state index in [0.29, 0.717) is 22.8 Å². The average Bonchev–Trinajstić information content (AvgIpc) is 3.62. The number of aromatic nitrogens is 4. The van der Waals surface area contributed by atoms with Crippen LogP contribution in [-0.4, -0.2) is 42.6 Å². The van der Waals surface area contributed by atoms with E-state index in [9.17, 15) is 43.2 Å². The summed E-state index contributed by atoms with van der Waals surface area (Å²) in [7, 11) is -4.86. The third-order valence-electron chi connectivity index (χ3n) is 7.93. The van der Waals surface area contributed by atoms with Gasteiger partial charge in [-0.25, -0.2) is 17.8 Å². The Kier molecular flexibility index (Phi) is 11.9. The molecule has 2 aromatic heterocycles. The molecule has 0 fully saturated rings. The second kappa shape index (κ2) is 16.6. The average molecular weight is 813 g/mol. The van der Waals surface area contributed by atoms with Crippen molar-refractivity contribution in [3.8, 4) is 28.8 Å². The molecule has 0 bridgehead atoms. The van der Waals surface area contributed by atoms with Gasteiger partial charge in [0.1, 0.15) is 27.2 Å². The van der Waals surface area contributed by atoms with Gasteiger partial charge in [-0.1, -0.05) is 66.4 Å². The van der Waals surface area contributed by atoms with Crippen LogP contribution in [0.2, 0.25) is 0 Å². The summed E-state index contributed by atoms with van der Waals surface area (Å²) in [6, 6.07) is 27.8. The zero-order valence-electron chi connectivity index (χ0n) is 29.0. The molecule has 5 aromatic carbocycles. The summed E-state index contributed by atoms with van der Waals surface area (Å²) in [5.41, 5.74) is 1.23. The van der Waals surface area contributed by atoms with Crippen molar-refractivity contribution in [3.63, 3.8) is 0 Å². The first-order valence-corrected chi connectivity index (χ1v) is 17.3. The quantitative estimate of drug-likeness (QED) is 0.0747. The van der Waals surface area contributed by atoms with E-state index in [1.807, 2.05) is 6.07 Å². The summed E-state index contributed by atoms with van der Waals surface area (Å²) < 4.78 is 37.1. The number of azo groups is 2. The Balaban J connectivity index is 0.000000214. The second-order valence-electron chi connectivity index (χ2n) is 11.6. The molecule has 0 atom stereocenters. The maximum Gasteiger partial charge on any atom is 3.00 e. The van der Waals surface area contributed by atoms with Crippen LogP contribution in [-0.2, 0) is 27.5 Å². The Bertz CT molecular complexity index is 2800. The molecule has 0 unspecified atom stereocenters. The Morgan fingerprint density at radius 3 is 1.95 bits per heavy atom. The number of non-ortho nitro benzene ring substituents is 1. The van der Waals surface area contributed by atoms with Crippen molar-refractivity contribution < 1.29 is 50.6 Å². The van der Waals surface area contributed by atoms with Gasteiger partial charge in [0.15, 0.2) is 5.69 Å². The SMILES string of the molecule is Cc1[nH]n(-c2ccccc2)c(=O)c1N=Nc1ccc([N+](=O)[O-])cc1O.Cc1nn(-c2ccccc2)c([O-])c1N=Nc1c([O-])cc(S(=O)(=O)[O-])c2ccccc12.[Cr+3]. The third kappa shape index (κ3) is 8.38.